The highest BCUT2D eigenvalue weighted by molar-refractivity contribution is 7.89. The maximum Gasteiger partial charge on any atom is 0.246 e. The first kappa shape index (κ1) is 12.5. The maximum atomic E-state index is 11.8. The highest BCUT2D eigenvalue weighted by Crippen LogP contribution is 2.01. The van der Waals surface area contributed by atoms with Gasteiger partial charge in [0.1, 0.15) is 4.90 Å². The highest BCUT2D eigenvalue weighted by Gasteiger charge is 2.18. The number of rotatable bonds is 4. The zero-order chi connectivity index (χ0) is 13.2. The fraction of sp³-hybridized carbons (Fsp3) is 0.222. The summed E-state index contributed by atoms with van der Waals surface area (Å²) in [5, 5.41) is 3.54. The van der Waals surface area contributed by atoms with E-state index in [2.05, 4.69) is 19.8 Å². The summed E-state index contributed by atoms with van der Waals surface area (Å²) in [6, 6.07) is 1.13. The third-order valence-corrected chi connectivity index (χ3v) is 3.49. The standard InChI is InChI=1S/C9H10N4O4S/c1-6-12-9(13-17-6)5-11-18(15,16)8-4-10-3-2-7(8)14/h2-4,11H,5H2,1H3,(H,10,14). The van der Waals surface area contributed by atoms with Gasteiger partial charge in [0.15, 0.2) is 5.82 Å². The van der Waals surface area contributed by atoms with Crippen LogP contribution in [-0.2, 0) is 16.6 Å². The van der Waals surface area contributed by atoms with Crippen molar-refractivity contribution < 1.29 is 12.9 Å². The molecule has 0 fully saturated rings. The molecule has 2 rings (SSSR count). The van der Waals surface area contributed by atoms with Crippen molar-refractivity contribution in [3.05, 3.63) is 40.4 Å². The number of aryl methyl sites for hydroxylation is 1. The normalized spacial score (nSPS) is 11.6. The summed E-state index contributed by atoms with van der Waals surface area (Å²) in [4.78, 5) is 17.4. The van der Waals surface area contributed by atoms with Gasteiger partial charge in [-0.05, 0) is 0 Å². The molecule has 0 aliphatic carbocycles. The van der Waals surface area contributed by atoms with Crippen LogP contribution in [-0.4, -0.2) is 23.5 Å². The molecule has 0 atom stereocenters. The predicted octanol–water partition coefficient (Wildman–Crippen LogP) is -0.455. The molecule has 0 aliphatic rings. The molecule has 0 saturated heterocycles. The Bertz CT molecular complexity index is 703. The lowest BCUT2D eigenvalue weighted by atomic mass is 10.5. The van der Waals surface area contributed by atoms with Crippen LogP contribution in [0.4, 0.5) is 0 Å². The fourth-order valence-corrected chi connectivity index (χ4v) is 2.29. The van der Waals surface area contributed by atoms with Crippen LogP contribution in [0.25, 0.3) is 0 Å². The zero-order valence-electron chi connectivity index (χ0n) is 9.37. The third-order valence-electron chi connectivity index (χ3n) is 2.07. The molecule has 0 unspecified atom stereocenters. The smallest absolute Gasteiger partial charge is 0.246 e. The van der Waals surface area contributed by atoms with Crippen molar-refractivity contribution in [2.75, 3.05) is 0 Å². The van der Waals surface area contributed by atoms with E-state index in [1.54, 1.807) is 6.92 Å². The molecule has 0 saturated carbocycles. The van der Waals surface area contributed by atoms with Gasteiger partial charge in [0.25, 0.3) is 0 Å². The fourth-order valence-electron chi connectivity index (χ4n) is 1.26. The number of aromatic amines is 1. The first-order valence-corrected chi connectivity index (χ1v) is 6.43. The molecule has 0 radical (unpaired) electrons. The second-order valence-electron chi connectivity index (χ2n) is 3.43. The summed E-state index contributed by atoms with van der Waals surface area (Å²) in [6.45, 7) is 1.45. The molecule has 2 N–H and O–H groups in total. The summed E-state index contributed by atoms with van der Waals surface area (Å²) in [6.07, 6.45) is 2.47. The van der Waals surface area contributed by atoms with E-state index in [1.807, 2.05) is 0 Å². The molecule has 0 amide bonds. The summed E-state index contributed by atoms with van der Waals surface area (Å²) >= 11 is 0. The van der Waals surface area contributed by atoms with Crippen molar-refractivity contribution in [1.82, 2.24) is 19.8 Å². The number of H-pyrrole nitrogens is 1. The summed E-state index contributed by atoms with van der Waals surface area (Å²) < 4.78 is 30.5. The number of hydrogen-bond donors (Lipinski definition) is 2. The van der Waals surface area contributed by atoms with Crippen LogP contribution in [0.1, 0.15) is 11.7 Å². The second-order valence-corrected chi connectivity index (χ2v) is 5.16. The molecule has 9 heteroatoms. The lowest BCUT2D eigenvalue weighted by Crippen LogP contribution is -2.28. The topological polar surface area (TPSA) is 118 Å². The first-order valence-electron chi connectivity index (χ1n) is 4.95. The molecule has 0 spiro atoms. The largest absolute Gasteiger partial charge is 0.366 e. The van der Waals surface area contributed by atoms with Crippen LogP contribution in [0.2, 0.25) is 0 Å². The average Bonchev–Trinajstić information content (AvgIpc) is 2.73. The van der Waals surface area contributed by atoms with E-state index in [1.165, 1.54) is 6.20 Å². The van der Waals surface area contributed by atoms with Gasteiger partial charge in [-0.3, -0.25) is 4.79 Å². The van der Waals surface area contributed by atoms with E-state index in [4.69, 9.17) is 4.52 Å². The Balaban J connectivity index is 2.18. The van der Waals surface area contributed by atoms with Gasteiger partial charge in [-0.15, -0.1) is 0 Å². The monoisotopic (exact) mass is 270 g/mol. The number of sulfonamides is 1. The van der Waals surface area contributed by atoms with Crippen LogP contribution in [0.5, 0.6) is 0 Å². The van der Waals surface area contributed by atoms with Gasteiger partial charge in [0.05, 0.1) is 6.54 Å². The van der Waals surface area contributed by atoms with Crippen molar-refractivity contribution in [3.8, 4) is 0 Å². The van der Waals surface area contributed by atoms with Gasteiger partial charge in [-0.2, -0.15) is 4.98 Å². The van der Waals surface area contributed by atoms with Crippen LogP contribution >= 0.6 is 0 Å². The Morgan fingerprint density at radius 3 is 2.89 bits per heavy atom. The van der Waals surface area contributed by atoms with E-state index in [0.717, 1.165) is 12.3 Å². The molecule has 0 aromatic carbocycles. The SMILES string of the molecule is Cc1nc(CNS(=O)(=O)c2c[nH]ccc2=O)no1. The maximum absolute atomic E-state index is 11.8. The van der Waals surface area contributed by atoms with E-state index < -0.39 is 15.5 Å². The van der Waals surface area contributed by atoms with Gasteiger partial charge < -0.3 is 9.51 Å². The predicted molar refractivity (Wildman–Crippen MR) is 60.1 cm³/mol. The zero-order valence-corrected chi connectivity index (χ0v) is 10.2. The van der Waals surface area contributed by atoms with Gasteiger partial charge in [0, 0.05) is 25.4 Å². The number of nitrogens with one attached hydrogen (secondary N) is 2. The Hall–Kier alpha value is -2.00. The second kappa shape index (κ2) is 4.70. The summed E-state index contributed by atoms with van der Waals surface area (Å²) in [5.41, 5.74) is -0.592. The molecule has 18 heavy (non-hydrogen) atoms. The van der Waals surface area contributed by atoms with Crippen LogP contribution in [0, 0.1) is 6.92 Å². The Morgan fingerprint density at radius 2 is 2.28 bits per heavy atom. The van der Waals surface area contributed by atoms with Crippen molar-refractivity contribution >= 4 is 10.0 Å². The minimum atomic E-state index is -3.90. The van der Waals surface area contributed by atoms with Gasteiger partial charge in [0.2, 0.25) is 21.3 Å². The number of pyridine rings is 1. The highest BCUT2D eigenvalue weighted by atomic mass is 32.2. The number of hydrogen-bond acceptors (Lipinski definition) is 6. The molecule has 2 heterocycles. The summed E-state index contributed by atoms with van der Waals surface area (Å²) in [7, 11) is -3.90. The quantitative estimate of drug-likeness (QED) is 0.776. The average molecular weight is 270 g/mol. The van der Waals surface area contributed by atoms with Crippen molar-refractivity contribution in [2.24, 2.45) is 0 Å². The molecular weight excluding hydrogens is 260 g/mol. The summed E-state index contributed by atoms with van der Waals surface area (Å²) in [5.74, 6) is 0.533. The van der Waals surface area contributed by atoms with Crippen molar-refractivity contribution in [3.63, 3.8) is 0 Å². The van der Waals surface area contributed by atoms with Crippen molar-refractivity contribution in [1.29, 1.82) is 0 Å². The molecular formula is C9H10N4O4S. The van der Waals surface area contributed by atoms with Crippen LogP contribution in [0.15, 0.2) is 32.7 Å². The third kappa shape index (κ3) is 2.63. The van der Waals surface area contributed by atoms with Crippen LogP contribution < -0.4 is 10.2 Å². The van der Waals surface area contributed by atoms with E-state index in [0.29, 0.717) is 5.89 Å². The Kier molecular flexibility index (Phi) is 3.26. The Labute approximate surface area is 102 Å². The van der Waals surface area contributed by atoms with Crippen molar-refractivity contribution in [2.45, 2.75) is 18.4 Å². The van der Waals surface area contributed by atoms with Gasteiger partial charge >= 0.3 is 0 Å². The number of aromatic nitrogens is 3. The first-order chi connectivity index (χ1) is 8.49. The van der Waals surface area contributed by atoms with Crippen LogP contribution in [0.3, 0.4) is 0 Å². The molecule has 2 aromatic heterocycles. The van der Waals surface area contributed by atoms with E-state index in [-0.39, 0.29) is 17.3 Å². The molecule has 96 valence electrons. The minimum absolute atomic E-state index is 0.145. The molecule has 2 aromatic rings. The Morgan fingerprint density at radius 1 is 1.50 bits per heavy atom. The lowest BCUT2D eigenvalue weighted by Gasteiger charge is -2.02. The molecule has 8 nitrogen and oxygen atoms in total. The van der Waals surface area contributed by atoms with Gasteiger partial charge in [-0.25, -0.2) is 13.1 Å². The lowest BCUT2D eigenvalue weighted by molar-refractivity contribution is 0.387. The minimum Gasteiger partial charge on any atom is -0.366 e. The van der Waals surface area contributed by atoms with E-state index in [9.17, 15) is 13.2 Å². The molecule has 0 bridgehead atoms. The van der Waals surface area contributed by atoms with E-state index >= 15 is 0 Å². The molecule has 0 aliphatic heterocycles. The number of nitrogens with zero attached hydrogens (tertiary/aromatic N) is 2. The van der Waals surface area contributed by atoms with Gasteiger partial charge in [-0.1, -0.05) is 5.16 Å².